The number of alkyl halides is 2. The molecular weight excluding hydrogens is 661 g/mol. The van der Waals surface area contributed by atoms with Crippen molar-refractivity contribution in [3.05, 3.63) is 102 Å². The lowest BCUT2D eigenvalue weighted by atomic mass is 9.94. The molecule has 4 aromatic rings. The zero-order chi connectivity index (χ0) is 35.0. The SMILES string of the molecule is CN([C@H](C(=O)N1C2CCC1CC(N)C2)C(F)(F)c1ccc(OCc2ccccc2)cc1)S(=O)(=O)c1ccc2cc(OC3CCCC3)ccc2c1. The minimum absolute atomic E-state index is 0.137. The topological polar surface area (TPSA) is 102 Å². The molecule has 8 nitrogen and oxygen atoms in total. The van der Waals surface area contributed by atoms with Gasteiger partial charge in [0.25, 0.3) is 5.92 Å². The van der Waals surface area contributed by atoms with Gasteiger partial charge in [0.1, 0.15) is 18.1 Å². The van der Waals surface area contributed by atoms with Crippen LogP contribution in [0.3, 0.4) is 0 Å². The third kappa shape index (κ3) is 6.83. The van der Waals surface area contributed by atoms with Crippen molar-refractivity contribution in [3.8, 4) is 11.5 Å². The second-order valence-corrected chi connectivity index (χ2v) is 15.9. The summed E-state index contributed by atoms with van der Waals surface area (Å²) in [5.74, 6) is -3.73. The molecule has 2 aliphatic heterocycles. The Morgan fingerprint density at radius 1 is 0.880 bits per heavy atom. The number of benzene rings is 4. The van der Waals surface area contributed by atoms with E-state index in [1.54, 1.807) is 18.2 Å². The van der Waals surface area contributed by atoms with E-state index in [1.165, 1.54) is 41.3 Å². The Morgan fingerprint density at radius 2 is 1.50 bits per heavy atom. The van der Waals surface area contributed by atoms with Gasteiger partial charge in [-0.3, -0.25) is 4.79 Å². The van der Waals surface area contributed by atoms with Gasteiger partial charge < -0.3 is 20.1 Å². The lowest BCUT2D eigenvalue weighted by Gasteiger charge is -2.42. The van der Waals surface area contributed by atoms with Crippen LogP contribution in [0.15, 0.2) is 95.9 Å². The van der Waals surface area contributed by atoms with Crippen molar-refractivity contribution in [1.82, 2.24) is 9.21 Å². The molecule has 264 valence electrons. The quantitative estimate of drug-likeness (QED) is 0.181. The molecule has 2 unspecified atom stereocenters. The molecule has 1 amide bonds. The minimum atomic E-state index is -4.58. The summed E-state index contributed by atoms with van der Waals surface area (Å²) in [6.07, 6.45) is 6.71. The van der Waals surface area contributed by atoms with E-state index in [0.29, 0.717) is 46.9 Å². The fourth-order valence-corrected chi connectivity index (χ4v) is 9.22. The fraction of sp³-hybridized carbons (Fsp3) is 0.410. The maximum atomic E-state index is 16.9. The van der Waals surface area contributed by atoms with Gasteiger partial charge in [0.15, 0.2) is 6.04 Å². The number of rotatable bonds is 11. The number of ether oxygens (including phenoxy) is 2. The first kappa shape index (κ1) is 34.4. The van der Waals surface area contributed by atoms with Gasteiger partial charge in [0.2, 0.25) is 15.9 Å². The largest absolute Gasteiger partial charge is 0.490 e. The minimum Gasteiger partial charge on any atom is -0.490 e. The second kappa shape index (κ2) is 13.9. The van der Waals surface area contributed by atoms with Crippen LogP contribution in [0.2, 0.25) is 0 Å². The molecule has 0 radical (unpaired) electrons. The normalized spacial score (nSPS) is 21.9. The Hall–Kier alpha value is -4.06. The van der Waals surface area contributed by atoms with E-state index in [2.05, 4.69) is 0 Å². The summed E-state index contributed by atoms with van der Waals surface area (Å²) in [4.78, 5) is 15.7. The molecule has 2 bridgehead atoms. The number of nitrogens with zero attached hydrogens (tertiary/aromatic N) is 2. The zero-order valence-corrected chi connectivity index (χ0v) is 28.9. The number of piperidine rings is 1. The standard InChI is InChI=1S/C39H43F2N3O5S/c1-43(50(46,47)36-20-12-27-21-35(17-11-28(27)22-36)49-34-9-5-6-10-34)37(38(45)44-31-15-16-32(44)24-30(42)23-31)39(40,41)29-13-18-33(19-14-29)48-25-26-7-3-2-4-8-26/h2-4,7-8,11-14,17-22,30-32,34,37H,5-6,9-10,15-16,23-25,42H2,1H3/t30?,31?,32?,37-/m1/s1. The van der Waals surface area contributed by atoms with E-state index in [1.807, 2.05) is 36.4 Å². The van der Waals surface area contributed by atoms with Gasteiger partial charge in [-0.25, -0.2) is 8.42 Å². The van der Waals surface area contributed by atoms with Gasteiger partial charge in [-0.05, 0) is 116 Å². The van der Waals surface area contributed by atoms with Crippen molar-refractivity contribution in [3.63, 3.8) is 0 Å². The molecule has 50 heavy (non-hydrogen) atoms. The Morgan fingerprint density at radius 3 is 2.18 bits per heavy atom. The summed E-state index contributed by atoms with van der Waals surface area (Å²) in [7, 11) is -3.51. The van der Waals surface area contributed by atoms with Gasteiger partial charge in [0.05, 0.1) is 11.0 Å². The first-order valence-corrected chi connectivity index (χ1v) is 18.9. The summed E-state index contributed by atoms with van der Waals surface area (Å²) in [5.41, 5.74) is 6.67. The van der Waals surface area contributed by atoms with Crippen LogP contribution in [0.25, 0.3) is 10.8 Å². The molecule has 2 N–H and O–H groups in total. The molecule has 1 aliphatic carbocycles. The number of nitrogens with two attached hydrogens (primary N) is 1. The molecule has 0 spiro atoms. The number of hydrogen-bond donors (Lipinski definition) is 1. The molecule has 3 aliphatic rings. The highest BCUT2D eigenvalue weighted by Crippen LogP contribution is 2.42. The number of halogens is 2. The van der Waals surface area contributed by atoms with E-state index in [-0.39, 0.29) is 35.7 Å². The lowest BCUT2D eigenvalue weighted by molar-refractivity contribution is -0.155. The third-order valence-electron chi connectivity index (χ3n) is 10.5. The van der Waals surface area contributed by atoms with Crippen molar-refractivity contribution in [2.24, 2.45) is 5.73 Å². The molecular formula is C39H43F2N3O5S. The number of carbonyl (C=O) groups excluding carboxylic acids is 1. The number of likely N-dealkylation sites (N-methyl/N-ethyl adjacent to an activating group) is 1. The van der Waals surface area contributed by atoms with Crippen molar-refractivity contribution in [2.45, 2.75) is 99.1 Å². The monoisotopic (exact) mass is 703 g/mol. The van der Waals surface area contributed by atoms with Crippen molar-refractivity contribution in [2.75, 3.05) is 7.05 Å². The fourth-order valence-electron chi connectivity index (χ4n) is 7.87. The highest BCUT2D eigenvalue weighted by Gasteiger charge is 2.56. The smallest absolute Gasteiger partial charge is 0.298 e. The highest BCUT2D eigenvalue weighted by molar-refractivity contribution is 7.89. The molecule has 2 heterocycles. The molecule has 3 fully saturated rings. The van der Waals surface area contributed by atoms with Crippen LogP contribution in [0.5, 0.6) is 11.5 Å². The molecule has 7 rings (SSSR count). The average molecular weight is 704 g/mol. The van der Waals surface area contributed by atoms with Gasteiger partial charge in [-0.2, -0.15) is 13.1 Å². The van der Waals surface area contributed by atoms with Gasteiger partial charge in [0, 0.05) is 30.7 Å². The molecule has 2 saturated heterocycles. The van der Waals surface area contributed by atoms with E-state index < -0.39 is 33.5 Å². The predicted molar refractivity (Wildman–Crippen MR) is 188 cm³/mol. The van der Waals surface area contributed by atoms with Crippen molar-refractivity contribution >= 4 is 26.7 Å². The van der Waals surface area contributed by atoms with Crippen LogP contribution in [0, 0.1) is 0 Å². The van der Waals surface area contributed by atoms with E-state index in [0.717, 1.165) is 43.7 Å². The number of amides is 1. The summed E-state index contributed by atoms with van der Waals surface area (Å²) < 4.78 is 74.7. The van der Waals surface area contributed by atoms with Crippen LogP contribution in [0.1, 0.15) is 62.5 Å². The Balaban J connectivity index is 1.19. The first-order chi connectivity index (χ1) is 24.0. The maximum absolute atomic E-state index is 16.9. The van der Waals surface area contributed by atoms with Crippen molar-refractivity contribution in [1.29, 1.82) is 0 Å². The Labute approximate surface area is 292 Å². The van der Waals surface area contributed by atoms with Crippen molar-refractivity contribution < 1.29 is 31.5 Å². The molecule has 3 atom stereocenters. The Bertz CT molecular complexity index is 1920. The summed E-state index contributed by atoms with van der Waals surface area (Å²) >= 11 is 0. The number of carbonyl (C=O) groups is 1. The predicted octanol–water partition coefficient (Wildman–Crippen LogP) is 7.00. The summed E-state index contributed by atoms with van der Waals surface area (Å²) in [6.45, 7) is 0.249. The number of fused-ring (bicyclic) bond motifs is 3. The van der Waals surface area contributed by atoms with Crippen LogP contribution < -0.4 is 15.2 Å². The first-order valence-electron chi connectivity index (χ1n) is 17.4. The highest BCUT2D eigenvalue weighted by atomic mass is 32.2. The van der Waals surface area contributed by atoms with Gasteiger partial charge in [-0.1, -0.05) is 42.5 Å². The number of sulfonamides is 1. The van der Waals surface area contributed by atoms with E-state index in [4.69, 9.17) is 15.2 Å². The molecule has 11 heteroatoms. The van der Waals surface area contributed by atoms with Crippen LogP contribution >= 0.6 is 0 Å². The molecule has 1 saturated carbocycles. The summed E-state index contributed by atoms with van der Waals surface area (Å²) in [5, 5.41) is 1.37. The molecule has 0 aromatic heterocycles. The second-order valence-electron chi connectivity index (χ2n) is 13.9. The van der Waals surface area contributed by atoms with Gasteiger partial charge >= 0.3 is 0 Å². The lowest BCUT2D eigenvalue weighted by Crippen LogP contribution is -2.61. The van der Waals surface area contributed by atoms with Crippen LogP contribution in [0.4, 0.5) is 8.78 Å². The maximum Gasteiger partial charge on any atom is 0.298 e. The van der Waals surface area contributed by atoms with Crippen LogP contribution in [-0.4, -0.2) is 60.8 Å². The van der Waals surface area contributed by atoms with Gasteiger partial charge in [-0.15, -0.1) is 0 Å². The van der Waals surface area contributed by atoms with E-state index >= 15 is 8.78 Å². The third-order valence-corrected chi connectivity index (χ3v) is 12.3. The van der Waals surface area contributed by atoms with E-state index in [9.17, 15) is 13.2 Å². The Kier molecular flexibility index (Phi) is 9.58. The zero-order valence-electron chi connectivity index (χ0n) is 28.1. The summed E-state index contributed by atoms with van der Waals surface area (Å²) in [6, 6.07) is 21.5. The molecule has 4 aromatic carbocycles. The average Bonchev–Trinajstić information content (AvgIpc) is 3.72. The number of hydrogen-bond acceptors (Lipinski definition) is 6. The van der Waals surface area contributed by atoms with Crippen LogP contribution in [-0.2, 0) is 27.3 Å².